The smallest absolute Gasteiger partial charge is 0.145 e. The number of rotatable bonds is 0. The van der Waals surface area contributed by atoms with Crippen LogP contribution in [0.3, 0.4) is 0 Å². The molecule has 1 aliphatic rings. The lowest BCUT2D eigenvalue weighted by molar-refractivity contribution is 0.266. The SMILES string of the molecule is OC1=Cc2ccc(O)cc2OC1. The van der Waals surface area contributed by atoms with E-state index in [4.69, 9.17) is 14.9 Å². The molecular weight excluding hydrogens is 156 g/mol. The Balaban J connectivity index is 2.51. The van der Waals surface area contributed by atoms with Gasteiger partial charge in [-0.3, -0.25) is 0 Å². The van der Waals surface area contributed by atoms with E-state index in [1.54, 1.807) is 18.2 Å². The van der Waals surface area contributed by atoms with E-state index in [0.29, 0.717) is 5.75 Å². The lowest BCUT2D eigenvalue weighted by Crippen LogP contribution is -2.06. The van der Waals surface area contributed by atoms with Crippen molar-refractivity contribution >= 4 is 6.08 Å². The fourth-order valence-corrected chi connectivity index (χ4v) is 1.14. The van der Waals surface area contributed by atoms with Crippen LogP contribution in [-0.2, 0) is 0 Å². The Labute approximate surface area is 69.5 Å². The molecule has 0 saturated carbocycles. The summed E-state index contributed by atoms with van der Waals surface area (Å²) >= 11 is 0. The van der Waals surface area contributed by atoms with Gasteiger partial charge < -0.3 is 14.9 Å². The zero-order valence-corrected chi connectivity index (χ0v) is 6.32. The third kappa shape index (κ3) is 1.09. The van der Waals surface area contributed by atoms with Crippen LogP contribution in [0.25, 0.3) is 6.08 Å². The highest BCUT2D eigenvalue weighted by Gasteiger charge is 2.10. The Bertz CT molecular complexity index is 342. The summed E-state index contributed by atoms with van der Waals surface area (Å²) in [6.07, 6.45) is 1.62. The second-order valence-electron chi connectivity index (χ2n) is 2.65. The average molecular weight is 164 g/mol. The molecule has 3 nitrogen and oxygen atoms in total. The molecule has 2 N–H and O–H groups in total. The first-order chi connectivity index (χ1) is 5.75. The van der Waals surface area contributed by atoms with Gasteiger partial charge in [0.25, 0.3) is 0 Å². The summed E-state index contributed by atoms with van der Waals surface area (Å²) in [4.78, 5) is 0. The fraction of sp³-hybridized carbons (Fsp3) is 0.111. The van der Waals surface area contributed by atoms with Crippen LogP contribution in [0, 0.1) is 0 Å². The van der Waals surface area contributed by atoms with Crippen LogP contribution in [0.1, 0.15) is 5.56 Å². The summed E-state index contributed by atoms with van der Waals surface area (Å²) in [5.41, 5.74) is 0.788. The molecule has 0 atom stereocenters. The van der Waals surface area contributed by atoms with E-state index >= 15 is 0 Å². The second kappa shape index (κ2) is 2.44. The van der Waals surface area contributed by atoms with Gasteiger partial charge in [-0.2, -0.15) is 0 Å². The van der Waals surface area contributed by atoms with E-state index in [0.717, 1.165) is 5.56 Å². The predicted molar refractivity (Wildman–Crippen MR) is 44.2 cm³/mol. The van der Waals surface area contributed by atoms with Gasteiger partial charge in [-0.15, -0.1) is 0 Å². The highest BCUT2D eigenvalue weighted by atomic mass is 16.5. The highest BCUT2D eigenvalue weighted by Crippen LogP contribution is 2.28. The molecule has 1 aliphatic heterocycles. The first-order valence-corrected chi connectivity index (χ1v) is 3.61. The summed E-state index contributed by atoms with van der Waals surface area (Å²) in [7, 11) is 0. The predicted octanol–water partition coefficient (Wildman–Crippen LogP) is 1.68. The minimum Gasteiger partial charge on any atom is -0.509 e. The van der Waals surface area contributed by atoms with E-state index in [-0.39, 0.29) is 18.1 Å². The lowest BCUT2D eigenvalue weighted by Gasteiger charge is -2.14. The van der Waals surface area contributed by atoms with Crippen molar-refractivity contribution in [2.45, 2.75) is 0 Å². The molecule has 0 aromatic heterocycles. The minimum atomic E-state index is 0.170. The van der Waals surface area contributed by atoms with E-state index in [1.807, 2.05) is 0 Å². The number of hydrogen-bond acceptors (Lipinski definition) is 3. The molecule has 0 amide bonds. The van der Waals surface area contributed by atoms with Crippen molar-refractivity contribution in [3.63, 3.8) is 0 Å². The van der Waals surface area contributed by atoms with Crippen LogP contribution in [0.5, 0.6) is 11.5 Å². The summed E-state index contributed by atoms with van der Waals surface area (Å²) in [6.45, 7) is 0.177. The maximum atomic E-state index is 9.10. The molecule has 12 heavy (non-hydrogen) atoms. The molecule has 1 heterocycles. The second-order valence-corrected chi connectivity index (χ2v) is 2.65. The van der Waals surface area contributed by atoms with Gasteiger partial charge in [0.15, 0.2) is 0 Å². The molecule has 0 fully saturated rings. The maximum Gasteiger partial charge on any atom is 0.145 e. The molecule has 0 saturated heterocycles. The highest BCUT2D eigenvalue weighted by molar-refractivity contribution is 5.62. The molecule has 0 spiro atoms. The molecule has 0 unspecified atom stereocenters. The number of ether oxygens (including phenoxy) is 1. The number of fused-ring (bicyclic) bond motifs is 1. The zero-order valence-electron chi connectivity index (χ0n) is 6.32. The quantitative estimate of drug-likeness (QED) is 0.613. The van der Waals surface area contributed by atoms with Crippen LogP contribution >= 0.6 is 0 Å². The molecular formula is C9H8O3. The van der Waals surface area contributed by atoms with Crippen molar-refractivity contribution in [3.05, 3.63) is 29.5 Å². The Morgan fingerprint density at radius 1 is 1.25 bits per heavy atom. The molecule has 0 radical (unpaired) electrons. The van der Waals surface area contributed by atoms with Crippen molar-refractivity contribution < 1.29 is 14.9 Å². The standard InChI is InChI=1S/C9H8O3/c10-7-2-1-6-3-8(11)5-12-9(6)4-7/h1-4,10-11H,5H2. The topological polar surface area (TPSA) is 49.7 Å². The van der Waals surface area contributed by atoms with Crippen molar-refractivity contribution in [3.8, 4) is 11.5 Å². The third-order valence-electron chi connectivity index (χ3n) is 1.69. The number of aliphatic hydroxyl groups excluding tert-OH is 1. The normalized spacial score (nSPS) is 14.5. The van der Waals surface area contributed by atoms with Crippen molar-refractivity contribution in [2.24, 2.45) is 0 Å². The number of aliphatic hydroxyl groups is 1. The molecule has 0 bridgehead atoms. The molecule has 62 valence electrons. The van der Waals surface area contributed by atoms with Gasteiger partial charge in [-0.25, -0.2) is 0 Å². The minimum absolute atomic E-state index is 0.170. The van der Waals surface area contributed by atoms with Gasteiger partial charge in [-0.05, 0) is 18.2 Å². The number of aromatic hydroxyl groups is 1. The third-order valence-corrected chi connectivity index (χ3v) is 1.69. The molecule has 1 aromatic carbocycles. The molecule has 1 aromatic rings. The Kier molecular flexibility index (Phi) is 1.43. The van der Waals surface area contributed by atoms with E-state index in [1.165, 1.54) is 6.07 Å². The molecule has 0 aliphatic carbocycles. The van der Waals surface area contributed by atoms with Gasteiger partial charge in [0.05, 0.1) is 0 Å². The van der Waals surface area contributed by atoms with Gasteiger partial charge in [-0.1, -0.05) is 0 Å². The van der Waals surface area contributed by atoms with E-state index in [9.17, 15) is 0 Å². The van der Waals surface area contributed by atoms with Crippen molar-refractivity contribution in [2.75, 3.05) is 6.61 Å². The summed E-state index contributed by atoms with van der Waals surface area (Å²) in [5, 5.41) is 18.2. The van der Waals surface area contributed by atoms with Crippen LogP contribution in [0.15, 0.2) is 24.0 Å². The van der Waals surface area contributed by atoms with Crippen molar-refractivity contribution in [1.82, 2.24) is 0 Å². The van der Waals surface area contributed by atoms with Gasteiger partial charge in [0, 0.05) is 11.6 Å². The number of phenols is 1. The first kappa shape index (κ1) is 7.03. The number of hydrogen-bond donors (Lipinski definition) is 2. The molecule has 3 heteroatoms. The van der Waals surface area contributed by atoms with Crippen LogP contribution in [-0.4, -0.2) is 16.8 Å². The maximum absolute atomic E-state index is 9.10. The lowest BCUT2D eigenvalue weighted by atomic mass is 10.1. The summed E-state index contributed by atoms with van der Waals surface area (Å²) in [6, 6.07) is 4.77. The van der Waals surface area contributed by atoms with Gasteiger partial charge in [0.2, 0.25) is 0 Å². The van der Waals surface area contributed by atoms with Crippen LogP contribution in [0.2, 0.25) is 0 Å². The van der Waals surface area contributed by atoms with Crippen LogP contribution < -0.4 is 4.74 Å². The average Bonchev–Trinajstić information content (AvgIpc) is 2.05. The zero-order chi connectivity index (χ0) is 8.55. The van der Waals surface area contributed by atoms with Gasteiger partial charge in [0.1, 0.15) is 23.9 Å². The van der Waals surface area contributed by atoms with Crippen molar-refractivity contribution in [1.29, 1.82) is 0 Å². The van der Waals surface area contributed by atoms with Crippen LogP contribution in [0.4, 0.5) is 0 Å². The van der Waals surface area contributed by atoms with E-state index < -0.39 is 0 Å². The number of phenolic OH excluding ortho intramolecular Hbond substituents is 1. The Morgan fingerprint density at radius 3 is 2.92 bits per heavy atom. The fourth-order valence-electron chi connectivity index (χ4n) is 1.14. The number of benzene rings is 1. The molecule has 2 rings (SSSR count). The summed E-state index contributed by atoms with van der Waals surface area (Å²) < 4.78 is 5.14. The van der Waals surface area contributed by atoms with Gasteiger partial charge >= 0.3 is 0 Å². The first-order valence-electron chi connectivity index (χ1n) is 3.61. The van der Waals surface area contributed by atoms with E-state index in [2.05, 4.69) is 0 Å². The summed E-state index contributed by atoms with van der Waals surface area (Å²) in [5.74, 6) is 0.976. The Morgan fingerprint density at radius 2 is 2.08 bits per heavy atom. The largest absolute Gasteiger partial charge is 0.509 e. The Hall–Kier alpha value is -1.64. The monoisotopic (exact) mass is 164 g/mol.